The number of hydrogen-bond donors (Lipinski definition) is 1. The van der Waals surface area contributed by atoms with Gasteiger partial charge in [0.2, 0.25) is 0 Å². The van der Waals surface area contributed by atoms with Gasteiger partial charge in [-0.2, -0.15) is 5.26 Å². The Hall–Kier alpha value is -2.09. The Morgan fingerprint density at radius 1 is 1.61 bits per heavy atom. The predicted octanol–water partition coefficient (Wildman–Crippen LogP) is 2.03. The molecule has 18 heavy (non-hydrogen) atoms. The summed E-state index contributed by atoms with van der Waals surface area (Å²) in [7, 11) is 0. The lowest BCUT2D eigenvalue weighted by Gasteiger charge is -2.22. The van der Waals surface area contributed by atoms with Gasteiger partial charge in [0, 0.05) is 18.8 Å². The largest absolute Gasteiger partial charge is 0.399 e. The van der Waals surface area contributed by atoms with E-state index in [2.05, 4.69) is 0 Å². The van der Waals surface area contributed by atoms with E-state index in [-0.39, 0.29) is 18.0 Å². The van der Waals surface area contributed by atoms with Crippen molar-refractivity contribution >= 4 is 11.6 Å². The van der Waals surface area contributed by atoms with E-state index < -0.39 is 11.7 Å². The molecule has 0 aromatic heterocycles. The van der Waals surface area contributed by atoms with Crippen LogP contribution in [0.3, 0.4) is 0 Å². The minimum atomic E-state index is -0.600. The van der Waals surface area contributed by atoms with Crippen LogP contribution in [-0.2, 0) is 0 Å². The summed E-state index contributed by atoms with van der Waals surface area (Å²) >= 11 is 0. The zero-order chi connectivity index (χ0) is 13.7. The van der Waals surface area contributed by atoms with E-state index in [1.807, 2.05) is 6.07 Å². The Morgan fingerprint density at radius 3 is 2.83 bits per heavy atom. The molecule has 5 heteroatoms. The van der Waals surface area contributed by atoms with Crippen LogP contribution in [0.2, 0.25) is 0 Å². The van der Waals surface area contributed by atoms with E-state index >= 15 is 0 Å². The van der Waals surface area contributed by atoms with Gasteiger partial charge in [-0.25, -0.2) is 4.39 Å². The van der Waals surface area contributed by atoms with Crippen LogP contribution in [0.25, 0.3) is 0 Å². The lowest BCUT2D eigenvalue weighted by atomic mass is 10.1. The molecular formula is C13H16FN3O. The number of rotatable bonds is 4. The number of anilines is 1. The summed E-state index contributed by atoms with van der Waals surface area (Å²) in [6, 6.07) is 5.94. The average molecular weight is 249 g/mol. The van der Waals surface area contributed by atoms with Crippen molar-refractivity contribution in [1.82, 2.24) is 4.90 Å². The van der Waals surface area contributed by atoms with Crippen molar-refractivity contribution in [3.63, 3.8) is 0 Å². The number of hydrogen-bond acceptors (Lipinski definition) is 3. The van der Waals surface area contributed by atoms with Crippen molar-refractivity contribution in [2.24, 2.45) is 5.92 Å². The molecule has 0 saturated heterocycles. The number of amides is 1. The van der Waals surface area contributed by atoms with Crippen LogP contribution in [0.1, 0.15) is 24.2 Å². The van der Waals surface area contributed by atoms with Gasteiger partial charge >= 0.3 is 0 Å². The van der Waals surface area contributed by atoms with Crippen LogP contribution < -0.4 is 5.73 Å². The van der Waals surface area contributed by atoms with E-state index in [0.717, 1.165) is 0 Å². The first-order valence-corrected chi connectivity index (χ1v) is 5.73. The van der Waals surface area contributed by atoms with Crippen LogP contribution in [0.4, 0.5) is 10.1 Å². The van der Waals surface area contributed by atoms with Gasteiger partial charge < -0.3 is 10.6 Å². The minimum absolute atomic E-state index is 0.0537. The van der Waals surface area contributed by atoms with Gasteiger partial charge in [-0.15, -0.1) is 0 Å². The molecule has 0 saturated carbocycles. The fourth-order valence-corrected chi connectivity index (χ4v) is 1.60. The Labute approximate surface area is 106 Å². The predicted molar refractivity (Wildman–Crippen MR) is 67.2 cm³/mol. The zero-order valence-corrected chi connectivity index (χ0v) is 10.5. The topological polar surface area (TPSA) is 70.1 Å². The number of nitrogens with zero attached hydrogens (tertiary/aromatic N) is 2. The van der Waals surface area contributed by atoms with Crippen molar-refractivity contribution in [2.45, 2.75) is 13.8 Å². The molecule has 0 aliphatic carbocycles. The highest BCUT2D eigenvalue weighted by molar-refractivity contribution is 5.95. The molecule has 1 atom stereocenters. The number of nitriles is 1. The first-order chi connectivity index (χ1) is 8.49. The molecule has 1 aromatic carbocycles. The monoisotopic (exact) mass is 249 g/mol. The van der Waals surface area contributed by atoms with Crippen molar-refractivity contribution in [3.05, 3.63) is 29.6 Å². The summed E-state index contributed by atoms with van der Waals surface area (Å²) in [5.41, 5.74) is 5.83. The van der Waals surface area contributed by atoms with Gasteiger partial charge in [-0.05, 0) is 32.0 Å². The van der Waals surface area contributed by atoms with E-state index in [0.29, 0.717) is 12.2 Å². The molecule has 0 bridgehead atoms. The summed E-state index contributed by atoms with van der Waals surface area (Å²) in [6.07, 6.45) is 0. The lowest BCUT2D eigenvalue weighted by Crippen LogP contribution is -2.34. The quantitative estimate of drug-likeness (QED) is 0.830. The number of benzene rings is 1. The number of carbonyl (C=O) groups is 1. The molecule has 1 aromatic rings. The highest BCUT2D eigenvalue weighted by Crippen LogP contribution is 2.15. The average Bonchev–Trinajstić information content (AvgIpc) is 2.37. The number of halogens is 1. The summed E-state index contributed by atoms with van der Waals surface area (Å²) < 4.78 is 13.6. The molecule has 0 fully saturated rings. The van der Waals surface area contributed by atoms with Gasteiger partial charge in [0.25, 0.3) is 5.91 Å². The van der Waals surface area contributed by atoms with Crippen LogP contribution in [-0.4, -0.2) is 23.9 Å². The van der Waals surface area contributed by atoms with Crippen LogP contribution in [0.15, 0.2) is 18.2 Å². The Bertz CT molecular complexity index is 482. The van der Waals surface area contributed by atoms with Gasteiger partial charge in [0.05, 0.1) is 17.6 Å². The Kier molecular flexibility index (Phi) is 4.67. The van der Waals surface area contributed by atoms with Crippen molar-refractivity contribution < 1.29 is 9.18 Å². The maximum absolute atomic E-state index is 13.6. The molecule has 1 rings (SSSR count). The summed E-state index contributed by atoms with van der Waals surface area (Å²) in [5.74, 6) is -1.33. The van der Waals surface area contributed by atoms with E-state index in [1.54, 1.807) is 13.8 Å². The summed E-state index contributed by atoms with van der Waals surface area (Å²) in [6.45, 7) is 4.19. The van der Waals surface area contributed by atoms with Crippen molar-refractivity contribution in [1.29, 1.82) is 5.26 Å². The molecule has 1 unspecified atom stereocenters. The van der Waals surface area contributed by atoms with E-state index in [9.17, 15) is 9.18 Å². The van der Waals surface area contributed by atoms with Gasteiger partial charge in [-0.1, -0.05) is 0 Å². The normalized spacial score (nSPS) is 11.7. The second kappa shape index (κ2) is 6.01. The number of nitrogen functional groups attached to an aromatic ring is 1. The number of nitrogens with two attached hydrogens (primary N) is 1. The molecule has 0 aliphatic rings. The second-order valence-electron chi connectivity index (χ2n) is 4.11. The standard InChI is InChI=1S/C13H16FN3O/c1-3-17(8-9(2)7-15)13(18)11-6-10(16)4-5-12(11)14/h4-6,9H,3,8,16H2,1-2H3. The molecule has 96 valence electrons. The van der Waals surface area contributed by atoms with Gasteiger partial charge in [0.1, 0.15) is 5.82 Å². The SMILES string of the molecule is CCN(CC(C)C#N)C(=O)c1cc(N)ccc1F. The molecule has 0 spiro atoms. The molecular weight excluding hydrogens is 233 g/mol. The Morgan fingerprint density at radius 2 is 2.28 bits per heavy atom. The first-order valence-electron chi connectivity index (χ1n) is 5.73. The van der Waals surface area contributed by atoms with Crippen LogP contribution in [0, 0.1) is 23.1 Å². The maximum atomic E-state index is 13.6. The second-order valence-corrected chi connectivity index (χ2v) is 4.11. The fourth-order valence-electron chi connectivity index (χ4n) is 1.60. The van der Waals surface area contributed by atoms with Gasteiger partial charge in [-0.3, -0.25) is 4.79 Å². The highest BCUT2D eigenvalue weighted by Gasteiger charge is 2.19. The zero-order valence-electron chi connectivity index (χ0n) is 10.5. The third-order valence-electron chi connectivity index (χ3n) is 2.60. The van der Waals surface area contributed by atoms with Crippen LogP contribution in [0.5, 0.6) is 0 Å². The maximum Gasteiger partial charge on any atom is 0.256 e. The fraction of sp³-hybridized carbons (Fsp3) is 0.385. The lowest BCUT2D eigenvalue weighted by molar-refractivity contribution is 0.0748. The highest BCUT2D eigenvalue weighted by atomic mass is 19.1. The summed E-state index contributed by atoms with van der Waals surface area (Å²) in [5, 5.41) is 8.75. The molecule has 0 aliphatic heterocycles. The molecule has 0 radical (unpaired) electrons. The summed E-state index contributed by atoms with van der Waals surface area (Å²) in [4.78, 5) is 13.6. The molecule has 1 amide bonds. The van der Waals surface area contributed by atoms with Crippen LogP contribution >= 0.6 is 0 Å². The molecule has 2 N–H and O–H groups in total. The third-order valence-corrected chi connectivity index (χ3v) is 2.60. The minimum Gasteiger partial charge on any atom is -0.399 e. The Balaban J connectivity index is 2.97. The van der Waals surface area contributed by atoms with E-state index in [1.165, 1.54) is 23.1 Å². The first kappa shape index (κ1) is 14.0. The smallest absolute Gasteiger partial charge is 0.256 e. The molecule has 0 heterocycles. The van der Waals surface area contributed by atoms with E-state index in [4.69, 9.17) is 11.0 Å². The van der Waals surface area contributed by atoms with Crippen molar-refractivity contribution in [3.8, 4) is 6.07 Å². The number of carbonyl (C=O) groups excluding carboxylic acids is 1. The van der Waals surface area contributed by atoms with Crippen molar-refractivity contribution in [2.75, 3.05) is 18.8 Å². The third kappa shape index (κ3) is 3.20. The molecule has 4 nitrogen and oxygen atoms in total. The van der Waals surface area contributed by atoms with Gasteiger partial charge in [0.15, 0.2) is 0 Å².